The molecule has 0 bridgehead atoms. The normalized spacial score (nSPS) is 20.0. The number of hydrogen-bond acceptors (Lipinski definition) is 3. The number of aromatic nitrogens is 1. The first-order chi connectivity index (χ1) is 20.1. The molecule has 2 atom stereocenters. The number of nitrogens with zero attached hydrogens (tertiary/aromatic N) is 3. The fourth-order valence-electron chi connectivity index (χ4n) is 5.87. The van der Waals surface area contributed by atoms with Crippen LogP contribution >= 0.6 is 0 Å². The first-order valence-electron chi connectivity index (χ1n) is 15.5. The number of furan rings is 1. The molecule has 0 N–H and O–H groups in total. The molecule has 0 amide bonds. The molecule has 0 saturated carbocycles. The van der Waals surface area contributed by atoms with E-state index < -0.39 is 8.07 Å². The van der Waals surface area contributed by atoms with Crippen LogP contribution in [-0.2, 0) is 6.42 Å². The van der Waals surface area contributed by atoms with Gasteiger partial charge < -0.3 is 4.42 Å². The third-order valence-electron chi connectivity index (χ3n) is 8.96. The maximum absolute atomic E-state index is 6.56. The fraction of sp³-hybridized carbons (Fsp3) is 0.395. The Morgan fingerprint density at radius 2 is 1.84 bits per heavy atom. The van der Waals surface area contributed by atoms with Gasteiger partial charge in [0, 0.05) is 33.6 Å². The van der Waals surface area contributed by atoms with E-state index in [9.17, 15) is 0 Å². The standard InChI is InChI=1S/C38H50N3OSi/c1-14-33-36-30(19-26(6)35-32-20-25(5)29(9)40-38(32)42-37(35)36)17-18-31(24(4)16-15-23(2)3)34(21-27(7)39-33)41(10)22-28(8)43(11,12)13/h14-16,19-20,22-23,31,34H,1,4,7,10,17-18,21H2,2-3,5-6,8-9,11-13H3/q+1/b16-15-,28-22+,39-33-. The molecule has 3 heterocycles. The van der Waals surface area contributed by atoms with Gasteiger partial charge in [-0.2, -0.15) is 0 Å². The predicted molar refractivity (Wildman–Crippen MR) is 189 cm³/mol. The minimum absolute atomic E-state index is 0.0608. The van der Waals surface area contributed by atoms with Gasteiger partial charge in [0.1, 0.15) is 12.3 Å². The number of aryl methyl sites for hydroxylation is 4. The molecule has 43 heavy (non-hydrogen) atoms. The lowest BCUT2D eigenvalue weighted by Crippen LogP contribution is -2.34. The molecule has 4 rings (SSSR count). The van der Waals surface area contributed by atoms with Crippen LogP contribution in [0, 0.1) is 32.6 Å². The average molecular weight is 593 g/mol. The van der Waals surface area contributed by atoms with E-state index in [1.807, 2.05) is 13.0 Å². The summed E-state index contributed by atoms with van der Waals surface area (Å²) in [7, 11) is -1.48. The van der Waals surface area contributed by atoms with Gasteiger partial charge in [0.15, 0.2) is 12.2 Å². The van der Waals surface area contributed by atoms with Crippen LogP contribution in [0.4, 0.5) is 0 Å². The van der Waals surface area contributed by atoms with E-state index in [0.29, 0.717) is 18.1 Å². The van der Waals surface area contributed by atoms with Crippen molar-refractivity contribution in [3.63, 3.8) is 0 Å². The van der Waals surface area contributed by atoms with Gasteiger partial charge in [-0.1, -0.05) is 71.4 Å². The molecule has 0 fully saturated rings. The van der Waals surface area contributed by atoms with Crippen molar-refractivity contribution in [1.29, 1.82) is 0 Å². The number of hydrogen-bond donors (Lipinski definition) is 0. The van der Waals surface area contributed by atoms with Gasteiger partial charge in [0.05, 0.1) is 20.2 Å². The van der Waals surface area contributed by atoms with E-state index in [1.54, 1.807) is 0 Å². The lowest BCUT2D eigenvalue weighted by Gasteiger charge is -2.27. The fourth-order valence-corrected chi connectivity index (χ4v) is 6.43. The molecule has 1 aliphatic rings. The Kier molecular flexibility index (Phi) is 9.46. The van der Waals surface area contributed by atoms with Gasteiger partial charge in [0.2, 0.25) is 5.71 Å². The van der Waals surface area contributed by atoms with E-state index in [-0.39, 0.29) is 12.0 Å². The molecule has 1 aromatic carbocycles. The average Bonchev–Trinajstić information content (AvgIpc) is 3.28. The Hall–Kier alpha value is -3.57. The van der Waals surface area contributed by atoms with E-state index in [2.05, 4.69) is 116 Å². The van der Waals surface area contributed by atoms with Crippen molar-refractivity contribution in [2.75, 3.05) is 0 Å². The molecule has 1 aliphatic heterocycles. The summed E-state index contributed by atoms with van der Waals surface area (Å²) in [5, 5.41) is 3.55. The highest BCUT2D eigenvalue weighted by Gasteiger charge is 2.34. The predicted octanol–water partition coefficient (Wildman–Crippen LogP) is 9.98. The molecule has 3 aromatic rings. The Morgan fingerprint density at radius 1 is 1.14 bits per heavy atom. The van der Waals surface area contributed by atoms with E-state index >= 15 is 0 Å². The van der Waals surface area contributed by atoms with Gasteiger partial charge in [-0.25, -0.2) is 9.56 Å². The Morgan fingerprint density at radius 3 is 2.47 bits per heavy atom. The van der Waals surface area contributed by atoms with Gasteiger partial charge in [-0.05, 0) is 86.1 Å². The zero-order valence-corrected chi connectivity index (χ0v) is 28.9. The van der Waals surface area contributed by atoms with Crippen LogP contribution in [-0.4, -0.2) is 36.1 Å². The SMILES string of the molecule is C=C/C1=N/C(=C)CC([N+](=C)/C=C(\C)[Si](C)(C)C)C(C(=C)/C=C\C(C)C)CCc2cc(C)c3c(oc4nc(C)c(C)cc43)c21. The first kappa shape index (κ1) is 32.3. The summed E-state index contributed by atoms with van der Waals surface area (Å²) >= 11 is 0. The van der Waals surface area contributed by atoms with Crippen molar-refractivity contribution in [3.05, 3.63) is 101 Å². The quantitative estimate of drug-likeness (QED) is 0.119. The van der Waals surface area contributed by atoms with E-state index in [0.717, 1.165) is 63.0 Å². The van der Waals surface area contributed by atoms with Gasteiger partial charge >= 0.3 is 0 Å². The second-order valence-corrected chi connectivity index (χ2v) is 19.0. The second-order valence-electron chi connectivity index (χ2n) is 13.7. The summed E-state index contributed by atoms with van der Waals surface area (Å²) in [6, 6.07) is 4.56. The third-order valence-corrected chi connectivity index (χ3v) is 11.5. The minimum atomic E-state index is -1.48. The summed E-state index contributed by atoms with van der Waals surface area (Å²) in [6.07, 6.45) is 11.0. The summed E-state index contributed by atoms with van der Waals surface area (Å²) < 4.78 is 8.72. The second kappa shape index (κ2) is 12.6. The van der Waals surface area contributed by atoms with Gasteiger partial charge in [0.25, 0.3) is 0 Å². The van der Waals surface area contributed by atoms with Crippen LogP contribution in [0.5, 0.6) is 0 Å². The van der Waals surface area contributed by atoms with Crippen LogP contribution in [0.2, 0.25) is 19.6 Å². The summed E-state index contributed by atoms with van der Waals surface area (Å²) in [6.45, 7) is 37.9. The highest BCUT2D eigenvalue weighted by atomic mass is 28.3. The molecule has 5 heteroatoms. The number of allylic oxidation sites excluding steroid dienone is 4. The molecule has 4 nitrogen and oxygen atoms in total. The number of fused-ring (bicyclic) bond motifs is 5. The highest BCUT2D eigenvalue weighted by molar-refractivity contribution is 6.82. The summed E-state index contributed by atoms with van der Waals surface area (Å²) in [5.74, 6) is 0.599. The molecule has 0 aliphatic carbocycles. The van der Waals surface area contributed by atoms with Crippen molar-refractivity contribution in [2.24, 2.45) is 16.8 Å². The molecule has 226 valence electrons. The maximum atomic E-state index is 6.56. The summed E-state index contributed by atoms with van der Waals surface area (Å²) in [4.78, 5) is 9.92. The number of benzene rings is 1. The third kappa shape index (κ3) is 6.83. The Labute approximate surface area is 260 Å². The highest BCUT2D eigenvalue weighted by Crippen LogP contribution is 2.38. The summed E-state index contributed by atoms with van der Waals surface area (Å²) in [5.41, 5.74) is 9.68. The topological polar surface area (TPSA) is 41.4 Å². The molecule has 2 unspecified atom stereocenters. The zero-order valence-electron chi connectivity index (χ0n) is 27.9. The molecular weight excluding hydrogens is 543 g/mol. The van der Waals surface area contributed by atoms with Crippen LogP contribution < -0.4 is 0 Å². The van der Waals surface area contributed by atoms with E-state index in [4.69, 9.17) is 14.4 Å². The molecule has 0 spiro atoms. The molecular formula is C38H50N3OSi+. The smallest absolute Gasteiger partial charge is 0.227 e. The number of pyridine rings is 1. The van der Waals surface area contributed by atoms with Crippen molar-refractivity contribution in [2.45, 2.75) is 86.5 Å². The zero-order chi connectivity index (χ0) is 31.8. The van der Waals surface area contributed by atoms with Crippen molar-refractivity contribution in [3.8, 4) is 0 Å². The Balaban J connectivity index is 1.94. The largest absolute Gasteiger partial charge is 0.437 e. The number of rotatable bonds is 7. The molecule has 0 radical (unpaired) electrons. The van der Waals surface area contributed by atoms with Crippen LogP contribution in [0.3, 0.4) is 0 Å². The van der Waals surface area contributed by atoms with Crippen molar-refractivity contribution < 1.29 is 8.99 Å². The van der Waals surface area contributed by atoms with Gasteiger partial charge in [-0.15, -0.1) is 0 Å². The maximum Gasteiger partial charge on any atom is 0.227 e. The monoisotopic (exact) mass is 592 g/mol. The van der Waals surface area contributed by atoms with Crippen LogP contribution in [0.25, 0.3) is 22.1 Å². The lowest BCUT2D eigenvalue weighted by molar-refractivity contribution is -0.500. The van der Waals surface area contributed by atoms with Crippen molar-refractivity contribution >= 4 is 42.6 Å². The van der Waals surface area contributed by atoms with Crippen LogP contribution in [0.1, 0.15) is 61.6 Å². The van der Waals surface area contributed by atoms with Crippen molar-refractivity contribution in [1.82, 2.24) is 4.98 Å². The molecule has 0 saturated heterocycles. The first-order valence-corrected chi connectivity index (χ1v) is 19.0. The minimum Gasteiger partial charge on any atom is -0.437 e. The lowest BCUT2D eigenvalue weighted by atomic mass is 9.81. The molecule has 2 aromatic heterocycles. The Bertz CT molecular complexity index is 1720. The van der Waals surface area contributed by atoms with Gasteiger partial charge in [-0.3, -0.25) is 4.99 Å². The van der Waals surface area contributed by atoms with Crippen LogP contribution in [0.15, 0.2) is 82.2 Å². The van der Waals surface area contributed by atoms with E-state index in [1.165, 1.54) is 16.3 Å². The number of aliphatic imine (C=N–C) groups is 1.